The number of halogens is 1. The summed E-state index contributed by atoms with van der Waals surface area (Å²) in [6, 6.07) is 27.2. The second-order valence-electron chi connectivity index (χ2n) is 14.1. The standard InChI is InChI=1S/C41H54BrNO5Si/c1-30(2)37(20-15-25-48-49(41(3,4)5,35-16-11-9-12-17-35)36-18-13-10-14-19-36)38(23-21-31-26-33(46-7)22-24-39(31)42)40(44)43-28-34(47-8)27-32(43)29-45-6/h9-14,16-19,21-24,26,32,34,37-38H,1,15,20,25,27-29H2,2-8H3/b23-21+/t32-,34+,37+,38-/m0/s1. The Hall–Kier alpha value is -3.01. The Bertz CT molecular complexity index is 1500. The highest BCUT2D eigenvalue weighted by Crippen LogP contribution is 2.38. The summed E-state index contributed by atoms with van der Waals surface area (Å²) in [4.78, 5) is 16.6. The van der Waals surface area contributed by atoms with E-state index in [1.165, 1.54) is 10.4 Å². The van der Waals surface area contributed by atoms with Crippen LogP contribution in [0, 0.1) is 11.8 Å². The fourth-order valence-electron chi connectivity index (χ4n) is 7.25. The first-order valence-corrected chi connectivity index (χ1v) is 19.9. The van der Waals surface area contributed by atoms with E-state index in [4.69, 9.17) is 18.6 Å². The van der Waals surface area contributed by atoms with Gasteiger partial charge in [0.1, 0.15) is 5.75 Å². The van der Waals surface area contributed by atoms with Crippen molar-refractivity contribution in [3.63, 3.8) is 0 Å². The molecular formula is C41H54BrNO5Si. The Morgan fingerprint density at radius 1 is 1.02 bits per heavy atom. The molecule has 0 saturated carbocycles. The van der Waals surface area contributed by atoms with Crippen molar-refractivity contribution < 1.29 is 23.4 Å². The zero-order valence-electron chi connectivity index (χ0n) is 30.3. The molecule has 49 heavy (non-hydrogen) atoms. The largest absolute Gasteiger partial charge is 0.497 e. The van der Waals surface area contributed by atoms with Crippen molar-refractivity contribution in [2.45, 2.75) is 64.1 Å². The fraction of sp³-hybridized carbons (Fsp3) is 0.439. The molecule has 0 aliphatic carbocycles. The van der Waals surface area contributed by atoms with Crippen molar-refractivity contribution in [2.24, 2.45) is 11.8 Å². The molecule has 4 rings (SSSR count). The van der Waals surface area contributed by atoms with Crippen LogP contribution in [0.3, 0.4) is 0 Å². The maximum absolute atomic E-state index is 14.6. The van der Waals surface area contributed by atoms with Gasteiger partial charge in [0.05, 0.1) is 31.8 Å². The molecule has 264 valence electrons. The third-order valence-electron chi connectivity index (χ3n) is 9.78. The molecule has 6 nitrogen and oxygen atoms in total. The smallest absolute Gasteiger partial charge is 0.261 e. The molecule has 1 saturated heterocycles. The monoisotopic (exact) mass is 747 g/mol. The predicted octanol–water partition coefficient (Wildman–Crippen LogP) is 7.90. The predicted molar refractivity (Wildman–Crippen MR) is 207 cm³/mol. The van der Waals surface area contributed by atoms with Crippen molar-refractivity contribution in [2.75, 3.05) is 41.1 Å². The molecule has 1 heterocycles. The van der Waals surface area contributed by atoms with Crippen molar-refractivity contribution in [3.05, 3.63) is 107 Å². The first kappa shape index (κ1) is 38.8. The summed E-state index contributed by atoms with van der Waals surface area (Å²) < 4.78 is 24.9. The third-order valence-corrected chi connectivity index (χ3v) is 15.5. The van der Waals surface area contributed by atoms with E-state index in [0.29, 0.717) is 19.8 Å². The minimum atomic E-state index is -2.68. The Kier molecular flexibility index (Phi) is 14.1. The lowest BCUT2D eigenvalue weighted by Gasteiger charge is -2.43. The number of hydrogen-bond acceptors (Lipinski definition) is 5. The molecule has 8 heteroatoms. The van der Waals surface area contributed by atoms with E-state index < -0.39 is 14.2 Å². The molecule has 3 aromatic rings. The topological polar surface area (TPSA) is 57.2 Å². The van der Waals surface area contributed by atoms with E-state index in [1.54, 1.807) is 21.3 Å². The number of carbonyl (C=O) groups excluding carboxylic acids is 1. The molecular weight excluding hydrogens is 694 g/mol. The lowest BCUT2D eigenvalue weighted by molar-refractivity contribution is -0.137. The van der Waals surface area contributed by atoms with Gasteiger partial charge in [0.2, 0.25) is 5.91 Å². The van der Waals surface area contributed by atoms with Gasteiger partial charge in [-0.1, -0.05) is 122 Å². The summed E-state index contributed by atoms with van der Waals surface area (Å²) in [5.41, 5.74) is 1.92. The van der Waals surface area contributed by atoms with Crippen LogP contribution in [0.5, 0.6) is 5.75 Å². The first-order chi connectivity index (χ1) is 23.5. The van der Waals surface area contributed by atoms with Crippen LogP contribution in [0.4, 0.5) is 0 Å². The van der Waals surface area contributed by atoms with Crippen LogP contribution in [0.1, 0.15) is 52.5 Å². The van der Waals surface area contributed by atoms with Crippen LogP contribution < -0.4 is 15.1 Å². The number of methoxy groups -OCH3 is 3. The van der Waals surface area contributed by atoms with Gasteiger partial charge in [0, 0.05) is 31.8 Å². The molecule has 3 aromatic carbocycles. The maximum atomic E-state index is 14.6. The van der Waals surface area contributed by atoms with Gasteiger partial charge in [0.15, 0.2) is 0 Å². The summed E-state index contributed by atoms with van der Waals surface area (Å²) >= 11 is 3.69. The van der Waals surface area contributed by atoms with Crippen molar-refractivity contribution in [1.29, 1.82) is 0 Å². The minimum Gasteiger partial charge on any atom is -0.497 e. The van der Waals surface area contributed by atoms with Gasteiger partial charge in [0.25, 0.3) is 8.32 Å². The second kappa shape index (κ2) is 17.8. The molecule has 0 unspecified atom stereocenters. The molecule has 0 spiro atoms. The van der Waals surface area contributed by atoms with Gasteiger partial charge in [-0.05, 0) is 71.3 Å². The fourth-order valence-corrected chi connectivity index (χ4v) is 12.2. The minimum absolute atomic E-state index is 0.0237. The Labute approximate surface area is 303 Å². The van der Waals surface area contributed by atoms with E-state index in [0.717, 1.165) is 40.6 Å². The zero-order chi connectivity index (χ0) is 35.6. The van der Waals surface area contributed by atoms with Gasteiger partial charge in [-0.3, -0.25) is 4.79 Å². The van der Waals surface area contributed by atoms with Crippen LogP contribution in [-0.2, 0) is 18.7 Å². The first-order valence-electron chi connectivity index (χ1n) is 17.2. The van der Waals surface area contributed by atoms with Crippen LogP contribution in [-0.4, -0.2) is 72.4 Å². The molecule has 0 bridgehead atoms. The molecule has 1 fully saturated rings. The number of rotatable bonds is 16. The zero-order valence-corrected chi connectivity index (χ0v) is 32.9. The molecule has 1 amide bonds. The molecule has 0 N–H and O–H groups in total. The number of ether oxygens (including phenoxy) is 3. The van der Waals surface area contributed by atoms with Gasteiger partial charge in [-0.25, -0.2) is 0 Å². The summed E-state index contributed by atoms with van der Waals surface area (Å²) in [6.45, 7) is 14.9. The van der Waals surface area contributed by atoms with Gasteiger partial charge >= 0.3 is 0 Å². The van der Waals surface area contributed by atoms with E-state index in [1.807, 2.05) is 42.2 Å². The molecule has 0 radical (unpaired) electrons. The van der Waals surface area contributed by atoms with Crippen molar-refractivity contribution in [1.82, 2.24) is 4.90 Å². The van der Waals surface area contributed by atoms with Crippen molar-refractivity contribution >= 4 is 46.6 Å². The summed E-state index contributed by atoms with van der Waals surface area (Å²) in [5.74, 6) is 0.294. The van der Waals surface area contributed by atoms with E-state index >= 15 is 0 Å². The number of allylic oxidation sites excluding steroid dienone is 1. The lowest BCUT2D eigenvalue weighted by Crippen LogP contribution is -2.66. The number of nitrogens with zero attached hydrogens (tertiary/aromatic N) is 1. The second-order valence-corrected chi connectivity index (χ2v) is 19.2. The summed E-state index contributed by atoms with van der Waals surface area (Å²) in [5, 5.41) is 2.41. The highest BCUT2D eigenvalue weighted by molar-refractivity contribution is 9.10. The Balaban J connectivity index is 1.65. The highest BCUT2D eigenvalue weighted by Gasteiger charge is 2.50. The van der Waals surface area contributed by atoms with E-state index in [-0.39, 0.29) is 29.0 Å². The Morgan fingerprint density at radius 3 is 2.18 bits per heavy atom. The SMILES string of the molecule is C=C(C)[C@@H](CCCO[Si](c1ccccc1)(c1ccccc1)C(C)(C)C)[C@H](/C=C/c1cc(OC)ccc1Br)C(=O)N1C[C@H](OC)C[C@H]1COC. The van der Waals surface area contributed by atoms with Gasteiger partial charge in [-0.2, -0.15) is 0 Å². The van der Waals surface area contributed by atoms with Crippen LogP contribution in [0.15, 0.2) is 102 Å². The number of amides is 1. The summed E-state index contributed by atoms with van der Waals surface area (Å²) in [6.07, 6.45) is 6.34. The van der Waals surface area contributed by atoms with Crippen LogP contribution >= 0.6 is 15.9 Å². The average molecular weight is 749 g/mol. The van der Waals surface area contributed by atoms with Gasteiger partial charge < -0.3 is 23.5 Å². The maximum Gasteiger partial charge on any atom is 0.261 e. The van der Waals surface area contributed by atoms with Crippen LogP contribution in [0.2, 0.25) is 5.04 Å². The van der Waals surface area contributed by atoms with E-state index in [2.05, 4.69) is 104 Å². The highest BCUT2D eigenvalue weighted by atomic mass is 79.9. The molecule has 4 atom stereocenters. The van der Waals surface area contributed by atoms with Gasteiger partial charge in [-0.15, -0.1) is 0 Å². The quantitative estimate of drug-likeness (QED) is 0.0848. The number of benzene rings is 3. The molecule has 1 aliphatic heterocycles. The van der Waals surface area contributed by atoms with Crippen molar-refractivity contribution in [3.8, 4) is 5.75 Å². The third kappa shape index (κ3) is 9.21. The number of carbonyl (C=O) groups is 1. The summed E-state index contributed by atoms with van der Waals surface area (Å²) in [7, 11) is 2.37. The van der Waals surface area contributed by atoms with E-state index in [9.17, 15) is 4.79 Å². The molecule has 0 aromatic heterocycles. The lowest BCUT2D eigenvalue weighted by atomic mass is 9.82. The normalized spacial score (nSPS) is 18.1. The number of likely N-dealkylation sites (tertiary alicyclic amines) is 1. The Morgan fingerprint density at radius 2 is 1.65 bits per heavy atom. The average Bonchev–Trinajstić information content (AvgIpc) is 3.51. The number of hydrogen-bond donors (Lipinski definition) is 0. The van der Waals surface area contributed by atoms with Crippen LogP contribution in [0.25, 0.3) is 6.08 Å². The molecule has 1 aliphatic rings.